The minimum absolute atomic E-state index is 0.0563. The molecular weight excluding hydrogens is 366 g/mol. The fourth-order valence-electron chi connectivity index (χ4n) is 3.93. The second-order valence-corrected chi connectivity index (χ2v) is 7.74. The van der Waals surface area contributed by atoms with Gasteiger partial charge in [-0.25, -0.2) is 4.98 Å². The fraction of sp³-hybridized carbons (Fsp3) is 0.500. The van der Waals surface area contributed by atoms with E-state index in [0.29, 0.717) is 31.9 Å². The van der Waals surface area contributed by atoms with E-state index in [1.54, 1.807) is 17.7 Å². The first-order chi connectivity index (χ1) is 14.2. The monoisotopic (exact) mass is 395 g/mol. The van der Waals surface area contributed by atoms with Crippen molar-refractivity contribution in [1.82, 2.24) is 14.9 Å². The molecule has 154 valence electrons. The predicted molar refractivity (Wildman–Crippen MR) is 113 cm³/mol. The molecule has 1 amide bonds. The third-order valence-electron chi connectivity index (χ3n) is 5.56. The first-order valence-electron chi connectivity index (χ1n) is 10.5. The molecule has 1 fully saturated rings. The van der Waals surface area contributed by atoms with Gasteiger partial charge in [-0.2, -0.15) is 4.98 Å². The minimum Gasteiger partial charge on any atom is -0.459 e. The number of hydrogen-bond donors (Lipinski definition) is 1. The normalized spacial score (nSPS) is 17.2. The van der Waals surface area contributed by atoms with Crippen LogP contribution in [0.3, 0.4) is 0 Å². The second-order valence-electron chi connectivity index (χ2n) is 7.74. The van der Waals surface area contributed by atoms with Gasteiger partial charge >= 0.3 is 0 Å². The lowest BCUT2D eigenvalue weighted by molar-refractivity contribution is 0.0714. The van der Waals surface area contributed by atoms with Crippen LogP contribution >= 0.6 is 0 Å². The highest BCUT2D eigenvalue weighted by Crippen LogP contribution is 2.21. The van der Waals surface area contributed by atoms with Crippen LogP contribution in [-0.4, -0.2) is 53.5 Å². The van der Waals surface area contributed by atoms with E-state index in [-0.39, 0.29) is 5.91 Å². The zero-order chi connectivity index (χ0) is 20.1. The van der Waals surface area contributed by atoms with Crippen LogP contribution < -0.4 is 10.2 Å². The number of allylic oxidation sites excluding steroid dienone is 1. The third kappa shape index (κ3) is 4.96. The summed E-state index contributed by atoms with van der Waals surface area (Å²) in [6, 6.07) is 5.44. The Hall–Kier alpha value is -2.83. The van der Waals surface area contributed by atoms with Crippen molar-refractivity contribution in [3.8, 4) is 0 Å². The Bertz CT molecular complexity index is 854. The van der Waals surface area contributed by atoms with E-state index < -0.39 is 0 Å². The van der Waals surface area contributed by atoms with Gasteiger partial charge in [0.2, 0.25) is 5.95 Å². The molecule has 4 rings (SSSR count). The maximum atomic E-state index is 12.4. The van der Waals surface area contributed by atoms with E-state index in [0.717, 1.165) is 30.4 Å². The number of carbonyl (C=O) groups is 1. The Morgan fingerprint density at radius 1 is 1.21 bits per heavy atom. The minimum atomic E-state index is -0.0563. The molecule has 0 spiro atoms. The summed E-state index contributed by atoms with van der Waals surface area (Å²) in [5.41, 5.74) is 2.51. The van der Waals surface area contributed by atoms with Crippen molar-refractivity contribution in [2.45, 2.75) is 39.0 Å². The lowest BCUT2D eigenvalue weighted by Gasteiger charge is -2.34. The quantitative estimate of drug-likeness (QED) is 0.753. The SMILES string of the molecule is Cc1cc(NCCC2=CCCCC2)nc(N2CCN(C(=O)c3ccco3)CC2)n1. The molecule has 7 heteroatoms. The fourth-order valence-corrected chi connectivity index (χ4v) is 3.93. The van der Waals surface area contributed by atoms with Crippen LogP contribution in [0.4, 0.5) is 11.8 Å². The van der Waals surface area contributed by atoms with Crippen molar-refractivity contribution in [2.75, 3.05) is 42.9 Å². The molecule has 0 radical (unpaired) electrons. The van der Waals surface area contributed by atoms with Gasteiger partial charge in [0, 0.05) is 44.5 Å². The van der Waals surface area contributed by atoms with Gasteiger partial charge in [-0.15, -0.1) is 0 Å². The molecule has 0 atom stereocenters. The molecule has 0 bridgehead atoms. The standard InChI is InChI=1S/C22H29N5O2/c1-17-16-20(23-10-9-18-6-3-2-4-7-18)25-22(24-17)27-13-11-26(12-14-27)21(28)19-8-5-15-29-19/h5-6,8,15-16H,2-4,7,9-14H2,1H3,(H,23,24,25). The summed E-state index contributed by atoms with van der Waals surface area (Å²) in [7, 11) is 0. The van der Waals surface area contributed by atoms with Crippen molar-refractivity contribution < 1.29 is 9.21 Å². The highest BCUT2D eigenvalue weighted by molar-refractivity contribution is 5.91. The second kappa shape index (κ2) is 9.11. The van der Waals surface area contributed by atoms with Crippen LogP contribution in [0.1, 0.15) is 48.4 Å². The molecule has 2 aromatic rings. The Morgan fingerprint density at radius 2 is 2.07 bits per heavy atom. The number of rotatable bonds is 6. The third-order valence-corrected chi connectivity index (χ3v) is 5.56. The van der Waals surface area contributed by atoms with E-state index in [2.05, 4.69) is 21.3 Å². The van der Waals surface area contributed by atoms with Crippen molar-refractivity contribution in [1.29, 1.82) is 0 Å². The number of aryl methyl sites for hydroxylation is 1. The Labute approximate surface area is 171 Å². The number of amides is 1. The molecule has 2 aromatic heterocycles. The number of nitrogens with zero attached hydrogens (tertiary/aromatic N) is 4. The number of anilines is 2. The largest absolute Gasteiger partial charge is 0.459 e. The summed E-state index contributed by atoms with van der Waals surface area (Å²) in [6.07, 6.45) is 10.1. The maximum Gasteiger partial charge on any atom is 0.289 e. The van der Waals surface area contributed by atoms with Crippen molar-refractivity contribution >= 4 is 17.7 Å². The molecule has 1 saturated heterocycles. The number of piperazine rings is 1. The summed E-state index contributed by atoms with van der Waals surface area (Å²) in [6.45, 7) is 5.58. The summed E-state index contributed by atoms with van der Waals surface area (Å²) in [5, 5.41) is 3.46. The number of hydrogen-bond acceptors (Lipinski definition) is 6. The van der Waals surface area contributed by atoms with E-state index in [9.17, 15) is 4.79 Å². The van der Waals surface area contributed by atoms with Gasteiger partial charge in [0.15, 0.2) is 5.76 Å². The lowest BCUT2D eigenvalue weighted by Crippen LogP contribution is -2.49. The average Bonchev–Trinajstić information content (AvgIpc) is 3.29. The number of aromatic nitrogens is 2. The van der Waals surface area contributed by atoms with E-state index >= 15 is 0 Å². The van der Waals surface area contributed by atoms with Crippen molar-refractivity contribution in [3.63, 3.8) is 0 Å². The van der Waals surface area contributed by atoms with Crippen LogP contribution in [0, 0.1) is 6.92 Å². The summed E-state index contributed by atoms with van der Waals surface area (Å²) in [5.74, 6) is 1.94. The number of nitrogens with one attached hydrogen (secondary N) is 1. The molecule has 29 heavy (non-hydrogen) atoms. The molecule has 0 unspecified atom stereocenters. The van der Waals surface area contributed by atoms with E-state index in [1.165, 1.54) is 31.9 Å². The van der Waals surface area contributed by atoms with E-state index in [4.69, 9.17) is 9.40 Å². The van der Waals surface area contributed by atoms with Gasteiger partial charge in [0.1, 0.15) is 5.82 Å². The summed E-state index contributed by atoms with van der Waals surface area (Å²) in [4.78, 5) is 25.7. The molecule has 1 aliphatic heterocycles. The van der Waals surface area contributed by atoms with Gasteiger partial charge in [-0.05, 0) is 51.2 Å². The average molecular weight is 396 g/mol. The van der Waals surface area contributed by atoms with Crippen LogP contribution in [-0.2, 0) is 0 Å². The molecule has 3 heterocycles. The van der Waals surface area contributed by atoms with Crippen molar-refractivity contribution in [2.24, 2.45) is 0 Å². The van der Waals surface area contributed by atoms with Crippen LogP contribution in [0.5, 0.6) is 0 Å². The molecule has 2 aliphatic rings. The number of furan rings is 1. The lowest BCUT2D eigenvalue weighted by atomic mass is 9.97. The molecule has 7 nitrogen and oxygen atoms in total. The van der Waals surface area contributed by atoms with Crippen LogP contribution in [0.15, 0.2) is 40.5 Å². The molecule has 0 aromatic carbocycles. The smallest absolute Gasteiger partial charge is 0.289 e. The highest BCUT2D eigenvalue weighted by atomic mass is 16.3. The summed E-state index contributed by atoms with van der Waals surface area (Å²) < 4.78 is 5.23. The van der Waals surface area contributed by atoms with Gasteiger partial charge < -0.3 is 19.5 Å². The Morgan fingerprint density at radius 3 is 2.79 bits per heavy atom. The zero-order valence-electron chi connectivity index (χ0n) is 17.1. The Balaban J connectivity index is 1.33. The molecule has 1 aliphatic carbocycles. The van der Waals surface area contributed by atoms with Gasteiger partial charge in [0.05, 0.1) is 6.26 Å². The molecular formula is C22H29N5O2. The van der Waals surface area contributed by atoms with Crippen molar-refractivity contribution in [3.05, 3.63) is 47.6 Å². The highest BCUT2D eigenvalue weighted by Gasteiger charge is 2.25. The Kier molecular flexibility index (Phi) is 6.12. The van der Waals surface area contributed by atoms with Crippen LogP contribution in [0.2, 0.25) is 0 Å². The molecule has 1 N–H and O–H groups in total. The number of carbonyl (C=O) groups excluding carboxylic acids is 1. The maximum absolute atomic E-state index is 12.4. The van der Waals surface area contributed by atoms with Gasteiger partial charge in [0.25, 0.3) is 5.91 Å². The van der Waals surface area contributed by atoms with Crippen LogP contribution in [0.25, 0.3) is 0 Å². The van der Waals surface area contributed by atoms with Gasteiger partial charge in [-0.1, -0.05) is 11.6 Å². The predicted octanol–water partition coefficient (Wildman–Crippen LogP) is 3.64. The zero-order valence-corrected chi connectivity index (χ0v) is 17.1. The topological polar surface area (TPSA) is 74.5 Å². The van der Waals surface area contributed by atoms with Gasteiger partial charge in [-0.3, -0.25) is 4.79 Å². The first-order valence-corrected chi connectivity index (χ1v) is 10.5. The van der Waals surface area contributed by atoms with E-state index in [1.807, 2.05) is 17.9 Å². The summed E-state index contributed by atoms with van der Waals surface area (Å²) >= 11 is 0. The first kappa shape index (κ1) is 19.5. The molecule has 0 saturated carbocycles.